The number of carbonyl (C=O) groups is 1. The van der Waals surface area contributed by atoms with Crippen molar-refractivity contribution in [3.63, 3.8) is 0 Å². The van der Waals surface area contributed by atoms with Gasteiger partial charge in [-0.05, 0) is 52.5 Å². The molecule has 0 aromatic carbocycles. The SMILES string of the molecule is CC(C)CN(CCCCC(C)(N)C(N)=O)C(C)C. The van der Waals surface area contributed by atoms with Gasteiger partial charge in [0.25, 0.3) is 0 Å². The van der Waals surface area contributed by atoms with E-state index in [1.54, 1.807) is 6.92 Å². The summed E-state index contributed by atoms with van der Waals surface area (Å²) in [6, 6.07) is 0.563. The largest absolute Gasteiger partial charge is 0.368 e. The first kappa shape index (κ1) is 17.4. The van der Waals surface area contributed by atoms with Crippen molar-refractivity contribution in [1.82, 2.24) is 4.90 Å². The quantitative estimate of drug-likeness (QED) is 0.618. The molecular formula is C14H31N3O. The van der Waals surface area contributed by atoms with Crippen LogP contribution in [0.2, 0.25) is 0 Å². The van der Waals surface area contributed by atoms with Gasteiger partial charge in [0, 0.05) is 12.6 Å². The molecule has 0 heterocycles. The first-order valence-corrected chi connectivity index (χ1v) is 6.99. The van der Waals surface area contributed by atoms with E-state index >= 15 is 0 Å². The zero-order valence-corrected chi connectivity index (χ0v) is 12.7. The fourth-order valence-corrected chi connectivity index (χ4v) is 1.96. The number of unbranched alkanes of at least 4 members (excludes halogenated alkanes) is 1. The summed E-state index contributed by atoms with van der Waals surface area (Å²) in [6.45, 7) is 12.8. The number of hydrogen-bond donors (Lipinski definition) is 2. The Labute approximate surface area is 112 Å². The van der Waals surface area contributed by atoms with Gasteiger partial charge in [-0.25, -0.2) is 0 Å². The van der Waals surface area contributed by atoms with Gasteiger partial charge in [-0.1, -0.05) is 13.8 Å². The summed E-state index contributed by atoms with van der Waals surface area (Å²) >= 11 is 0. The molecule has 0 aliphatic heterocycles. The van der Waals surface area contributed by atoms with Crippen LogP contribution in [-0.2, 0) is 4.79 Å². The third-order valence-electron chi connectivity index (χ3n) is 3.28. The van der Waals surface area contributed by atoms with Crippen LogP contribution in [0.1, 0.15) is 53.9 Å². The van der Waals surface area contributed by atoms with E-state index in [0.29, 0.717) is 18.4 Å². The van der Waals surface area contributed by atoms with E-state index in [1.165, 1.54) is 0 Å². The van der Waals surface area contributed by atoms with Gasteiger partial charge in [0.2, 0.25) is 5.91 Å². The van der Waals surface area contributed by atoms with Crippen LogP contribution < -0.4 is 11.5 Å². The maximum Gasteiger partial charge on any atom is 0.237 e. The van der Waals surface area contributed by atoms with E-state index in [9.17, 15) is 4.79 Å². The fourth-order valence-electron chi connectivity index (χ4n) is 1.96. The number of hydrogen-bond acceptors (Lipinski definition) is 3. The minimum absolute atomic E-state index is 0.412. The molecule has 0 fully saturated rings. The Morgan fingerprint density at radius 2 is 1.78 bits per heavy atom. The third-order valence-corrected chi connectivity index (χ3v) is 3.28. The van der Waals surface area contributed by atoms with Crippen LogP contribution in [0.4, 0.5) is 0 Å². The smallest absolute Gasteiger partial charge is 0.237 e. The van der Waals surface area contributed by atoms with E-state index < -0.39 is 11.4 Å². The van der Waals surface area contributed by atoms with Gasteiger partial charge in [-0.15, -0.1) is 0 Å². The van der Waals surface area contributed by atoms with Gasteiger partial charge in [0.15, 0.2) is 0 Å². The minimum atomic E-state index is -0.860. The molecule has 18 heavy (non-hydrogen) atoms. The van der Waals surface area contributed by atoms with Gasteiger partial charge in [0.1, 0.15) is 0 Å². The molecule has 4 heteroatoms. The van der Waals surface area contributed by atoms with Crippen molar-refractivity contribution in [2.45, 2.75) is 65.5 Å². The van der Waals surface area contributed by atoms with Crippen LogP contribution in [0.3, 0.4) is 0 Å². The molecule has 0 rings (SSSR count). The van der Waals surface area contributed by atoms with Gasteiger partial charge >= 0.3 is 0 Å². The lowest BCUT2D eigenvalue weighted by Gasteiger charge is -2.28. The lowest BCUT2D eigenvalue weighted by molar-refractivity contribution is -0.122. The van der Waals surface area contributed by atoms with E-state index in [4.69, 9.17) is 11.5 Å². The standard InChI is InChI=1S/C14H31N3O/c1-11(2)10-17(12(3)4)9-7-6-8-14(5,16)13(15)18/h11-12H,6-10,16H2,1-5H3,(H2,15,18). The molecule has 1 amide bonds. The molecule has 0 radical (unpaired) electrons. The normalized spacial score (nSPS) is 15.4. The number of nitrogens with zero attached hydrogens (tertiary/aromatic N) is 1. The van der Waals surface area contributed by atoms with Gasteiger partial charge in [-0.2, -0.15) is 0 Å². The molecule has 4 nitrogen and oxygen atoms in total. The predicted octanol–water partition coefficient (Wildman–Crippen LogP) is 1.73. The van der Waals surface area contributed by atoms with Crippen molar-refractivity contribution in [1.29, 1.82) is 0 Å². The Bertz CT molecular complexity index is 249. The van der Waals surface area contributed by atoms with Crippen LogP contribution in [0.5, 0.6) is 0 Å². The van der Waals surface area contributed by atoms with E-state index in [1.807, 2.05) is 0 Å². The Morgan fingerprint density at radius 1 is 1.22 bits per heavy atom. The highest BCUT2D eigenvalue weighted by Crippen LogP contribution is 2.12. The Hall–Kier alpha value is -0.610. The molecule has 0 spiro atoms. The van der Waals surface area contributed by atoms with Crippen molar-refractivity contribution in [3.8, 4) is 0 Å². The fraction of sp³-hybridized carbons (Fsp3) is 0.929. The average molecular weight is 257 g/mol. The second-order valence-corrected chi connectivity index (χ2v) is 6.22. The van der Waals surface area contributed by atoms with Crippen LogP contribution in [0.15, 0.2) is 0 Å². The number of rotatable bonds is 9. The summed E-state index contributed by atoms with van der Waals surface area (Å²) in [7, 11) is 0. The van der Waals surface area contributed by atoms with Crippen molar-refractivity contribution in [2.75, 3.05) is 13.1 Å². The van der Waals surface area contributed by atoms with Crippen LogP contribution in [0.25, 0.3) is 0 Å². The molecule has 0 bridgehead atoms. The Morgan fingerprint density at radius 3 is 2.17 bits per heavy atom. The second kappa shape index (κ2) is 7.74. The third kappa shape index (κ3) is 6.97. The molecule has 1 unspecified atom stereocenters. The molecular weight excluding hydrogens is 226 g/mol. The predicted molar refractivity (Wildman–Crippen MR) is 77.2 cm³/mol. The molecule has 0 saturated carbocycles. The highest BCUT2D eigenvalue weighted by molar-refractivity contribution is 5.83. The average Bonchev–Trinajstić information content (AvgIpc) is 2.21. The first-order chi connectivity index (χ1) is 8.16. The maximum absolute atomic E-state index is 11.1. The summed E-state index contributed by atoms with van der Waals surface area (Å²) in [5.41, 5.74) is 10.2. The van der Waals surface area contributed by atoms with Crippen molar-refractivity contribution in [2.24, 2.45) is 17.4 Å². The van der Waals surface area contributed by atoms with Crippen molar-refractivity contribution >= 4 is 5.91 Å². The summed E-state index contributed by atoms with van der Waals surface area (Å²) < 4.78 is 0. The lowest BCUT2D eigenvalue weighted by Crippen LogP contribution is -2.49. The molecule has 0 saturated heterocycles. The van der Waals surface area contributed by atoms with Crippen molar-refractivity contribution in [3.05, 3.63) is 0 Å². The number of amides is 1. The lowest BCUT2D eigenvalue weighted by atomic mass is 9.95. The molecule has 0 aliphatic carbocycles. The second-order valence-electron chi connectivity index (χ2n) is 6.22. The minimum Gasteiger partial charge on any atom is -0.368 e. The number of carbonyl (C=O) groups excluding carboxylic acids is 1. The zero-order valence-electron chi connectivity index (χ0n) is 12.7. The monoisotopic (exact) mass is 257 g/mol. The van der Waals surface area contributed by atoms with Crippen LogP contribution in [0, 0.1) is 5.92 Å². The Balaban J connectivity index is 3.97. The zero-order chi connectivity index (χ0) is 14.3. The summed E-state index contributed by atoms with van der Waals surface area (Å²) in [6.07, 6.45) is 2.66. The van der Waals surface area contributed by atoms with E-state index in [-0.39, 0.29) is 0 Å². The number of nitrogens with two attached hydrogens (primary N) is 2. The van der Waals surface area contributed by atoms with E-state index in [2.05, 4.69) is 32.6 Å². The van der Waals surface area contributed by atoms with E-state index in [0.717, 1.165) is 25.9 Å². The topological polar surface area (TPSA) is 72.3 Å². The summed E-state index contributed by atoms with van der Waals surface area (Å²) in [4.78, 5) is 13.6. The molecule has 1 atom stereocenters. The number of primary amides is 1. The Kier molecular flexibility index (Phi) is 7.48. The maximum atomic E-state index is 11.1. The van der Waals surface area contributed by atoms with Gasteiger partial charge in [-0.3, -0.25) is 4.79 Å². The van der Waals surface area contributed by atoms with Crippen molar-refractivity contribution < 1.29 is 4.79 Å². The summed E-state index contributed by atoms with van der Waals surface area (Å²) in [5, 5.41) is 0. The molecule has 4 N–H and O–H groups in total. The highest BCUT2D eigenvalue weighted by Gasteiger charge is 2.24. The highest BCUT2D eigenvalue weighted by atomic mass is 16.1. The molecule has 0 aliphatic rings. The summed E-state index contributed by atoms with van der Waals surface area (Å²) in [5.74, 6) is 0.267. The molecule has 108 valence electrons. The van der Waals surface area contributed by atoms with Gasteiger partial charge in [0.05, 0.1) is 5.54 Å². The van der Waals surface area contributed by atoms with Crippen LogP contribution >= 0.6 is 0 Å². The molecule has 0 aromatic rings. The van der Waals surface area contributed by atoms with Gasteiger partial charge < -0.3 is 16.4 Å². The first-order valence-electron chi connectivity index (χ1n) is 6.99. The molecule has 0 aromatic heterocycles. The van der Waals surface area contributed by atoms with Crippen LogP contribution in [-0.4, -0.2) is 35.5 Å².